The lowest BCUT2D eigenvalue weighted by molar-refractivity contribution is 0.259. The van der Waals surface area contributed by atoms with Gasteiger partial charge in [0.25, 0.3) is 8.53 Å². The molecule has 2 aromatic heterocycles. The number of rotatable bonds is 10. The number of benzene rings is 1. The van der Waals surface area contributed by atoms with Gasteiger partial charge in [-0.05, 0) is 37.0 Å². The van der Waals surface area contributed by atoms with E-state index in [2.05, 4.69) is 45.3 Å². The van der Waals surface area contributed by atoms with Gasteiger partial charge in [0.2, 0.25) is 0 Å². The maximum absolute atomic E-state index is 9.82. The molecular weight excluding hydrogens is 467 g/mol. The van der Waals surface area contributed by atoms with E-state index in [1.807, 2.05) is 25.1 Å². The number of aliphatic hydroxyl groups excluding tert-OH is 1. The lowest BCUT2D eigenvalue weighted by atomic mass is 10.0. The number of aromatic nitrogens is 3. The highest BCUT2D eigenvalue weighted by molar-refractivity contribution is 7.99. The molecule has 3 rings (SSSR count). The minimum absolute atomic E-state index is 0.0168. The first-order chi connectivity index (χ1) is 15.3. The average molecular weight is 493 g/mol. The molecule has 32 heavy (non-hydrogen) atoms. The number of thiazole rings is 1. The van der Waals surface area contributed by atoms with Crippen LogP contribution in [0.3, 0.4) is 0 Å². The third-order valence-electron chi connectivity index (χ3n) is 4.51. The van der Waals surface area contributed by atoms with Crippen LogP contribution in [0.4, 0.5) is 10.9 Å². The summed E-state index contributed by atoms with van der Waals surface area (Å²) in [5.41, 5.74) is 1.99. The monoisotopic (exact) mass is 492 g/mol. The van der Waals surface area contributed by atoms with Gasteiger partial charge in [0, 0.05) is 5.25 Å². The van der Waals surface area contributed by atoms with Crippen LogP contribution in [0.25, 0.3) is 10.3 Å². The number of anilines is 2. The molecule has 0 aliphatic rings. The summed E-state index contributed by atoms with van der Waals surface area (Å²) in [7, 11) is -2.35. The van der Waals surface area contributed by atoms with Gasteiger partial charge < -0.3 is 20.2 Å². The van der Waals surface area contributed by atoms with Crippen LogP contribution in [0.2, 0.25) is 0 Å². The minimum atomic E-state index is -2.35. The maximum atomic E-state index is 9.82. The molecule has 9 nitrogen and oxygen atoms in total. The second kappa shape index (κ2) is 11.2. The molecule has 5 N–H and O–H groups in total. The Morgan fingerprint density at radius 3 is 2.66 bits per heavy atom. The van der Waals surface area contributed by atoms with Crippen LogP contribution in [0, 0.1) is 17.2 Å². The first kappa shape index (κ1) is 24.6. The van der Waals surface area contributed by atoms with Gasteiger partial charge in [-0.1, -0.05) is 49.1 Å². The predicted octanol–water partition coefficient (Wildman–Crippen LogP) is 4.25. The summed E-state index contributed by atoms with van der Waals surface area (Å²) in [5, 5.41) is 25.6. The lowest BCUT2D eigenvalue weighted by Gasteiger charge is -2.19. The van der Waals surface area contributed by atoms with Crippen molar-refractivity contribution < 1.29 is 14.9 Å². The molecular formula is C20H25N6O3PS2. The van der Waals surface area contributed by atoms with E-state index in [9.17, 15) is 14.9 Å². The van der Waals surface area contributed by atoms with Crippen LogP contribution >= 0.6 is 31.6 Å². The fourth-order valence-corrected chi connectivity index (χ4v) is 5.36. The molecule has 1 aromatic carbocycles. The predicted molar refractivity (Wildman–Crippen MR) is 130 cm³/mol. The highest BCUT2D eigenvalue weighted by Crippen LogP contribution is 2.39. The van der Waals surface area contributed by atoms with E-state index in [1.165, 1.54) is 23.1 Å². The van der Waals surface area contributed by atoms with Gasteiger partial charge in [0.1, 0.15) is 4.70 Å². The Balaban J connectivity index is 1.95. The Labute approximate surface area is 195 Å². The lowest BCUT2D eigenvalue weighted by Crippen LogP contribution is -2.26. The van der Waals surface area contributed by atoms with Crippen molar-refractivity contribution >= 4 is 52.9 Å². The summed E-state index contributed by atoms with van der Waals surface area (Å²) in [6, 6.07) is 9.36. The number of nitriles is 1. The molecule has 2 unspecified atom stereocenters. The van der Waals surface area contributed by atoms with Crippen molar-refractivity contribution in [2.24, 2.45) is 5.92 Å². The summed E-state index contributed by atoms with van der Waals surface area (Å²) in [5.74, 6) is 0.921. The van der Waals surface area contributed by atoms with Crippen molar-refractivity contribution in [2.45, 2.75) is 43.6 Å². The zero-order chi connectivity index (χ0) is 23.3. The molecule has 170 valence electrons. The van der Waals surface area contributed by atoms with E-state index in [0.717, 1.165) is 12.0 Å². The van der Waals surface area contributed by atoms with Crippen LogP contribution in [-0.4, -0.2) is 42.5 Å². The quantitative estimate of drug-likeness (QED) is 0.158. The molecule has 0 aliphatic heterocycles. The van der Waals surface area contributed by atoms with E-state index >= 15 is 0 Å². The third kappa shape index (κ3) is 6.48. The van der Waals surface area contributed by atoms with Crippen molar-refractivity contribution in [2.75, 3.05) is 17.0 Å². The van der Waals surface area contributed by atoms with Crippen molar-refractivity contribution in [3.05, 3.63) is 35.4 Å². The molecule has 0 radical (unpaired) electrons. The smallest absolute Gasteiger partial charge is 0.283 e. The Morgan fingerprint density at radius 2 is 2.00 bits per heavy atom. The van der Waals surface area contributed by atoms with Crippen molar-refractivity contribution in [1.82, 2.24) is 15.0 Å². The van der Waals surface area contributed by atoms with E-state index in [4.69, 9.17) is 5.26 Å². The van der Waals surface area contributed by atoms with Crippen LogP contribution in [0.1, 0.15) is 43.6 Å². The van der Waals surface area contributed by atoms with Crippen molar-refractivity contribution in [1.29, 1.82) is 5.26 Å². The summed E-state index contributed by atoms with van der Waals surface area (Å²) >= 11 is 2.64. The summed E-state index contributed by atoms with van der Waals surface area (Å²) in [6.07, 6.45) is 0.754. The number of thioether (sulfide) groups is 1. The molecule has 0 amide bonds. The van der Waals surface area contributed by atoms with Crippen LogP contribution in [-0.2, 0) is 0 Å². The van der Waals surface area contributed by atoms with Crippen LogP contribution in [0.5, 0.6) is 0 Å². The minimum Gasteiger partial charge on any atom is -0.394 e. The molecule has 0 fully saturated rings. The Morgan fingerprint density at radius 1 is 1.22 bits per heavy atom. The number of fused-ring (bicyclic) bond motifs is 1. The molecule has 0 bridgehead atoms. The Kier molecular flexibility index (Phi) is 8.59. The number of hydrogen-bond donors (Lipinski definition) is 5. The first-order valence-electron chi connectivity index (χ1n) is 9.96. The normalized spacial score (nSPS) is 13.3. The van der Waals surface area contributed by atoms with Gasteiger partial charge in [-0.25, -0.2) is 9.97 Å². The zero-order valence-electron chi connectivity index (χ0n) is 17.8. The molecule has 2 atom stereocenters. The van der Waals surface area contributed by atoms with Gasteiger partial charge in [0.05, 0.1) is 24.3 Å². The maximum Gasteiger partial charge on any atom is 0.283 e. The van der Waals surface area contributed by atoms with Gasteiger partial charge in [-0.15, -0.1) is 0 Å². The second-order valence-corrected chi connectivity index (χ2v) is 10.7. The third-order valence-corrected chi connectivity index (χ3v) is 7.06. The summed E-state index contributed by atoms with van der Waals surface area (Å²) < 4.78 is 0.662. The zero-order valence-corrected chi connectivity index (χ0v) is 20.4. The molecule has 0 saturated carbocycles. The molecule has 0 aliphatic carbocycles. The molecule has 12 heteroatoms. The standard InChI is InChI=1S/C20H25N6O3PS2/c1-11(2)7-15(10-27)22-17-16-18(25-20(32-16)26-30(28)29)24-19(23-17)31-12(3)14-6-4-5-13(8-14)9-21/h4-6,8,11-12,15,27-29H,7,10H2,1-3H3,(H2,22,23,24,25,26). The number of nitrogens with one attached hydrogen (secondary N) is 2. The van der Waals surface area contributed by atoms with Gasteiger partial charge in [0.15, 0.2) is 21.8 Å². The van der Waals surface area contributed by atoms with Crippen LogP contribution in [0.15, 0.2) is 29.4 Å². The fraction of sp³-hybridized carbons (Fsp3) is 0.400. The first-order valence-corrected chi connectivity index (χ1v) is 12.9. The number of hydrogen-bond acceptors (Lipinski definition) is 11. The largest absolute Gasteiger partial charge is 0.394 e. The van der Waals surface area contributed by atoms with Gasteiger partial charge >= 0.3 is 0 Å². The fourth-order valence-electron chi connectivity index (χ4n) is 3.12. The van der Waals surface area contributed by atoms with Gasteiger partial charge in [-0.3, -0.25) is 5.09 Å². The van der Waals surface area contributed by atoms with Gasteiger partial charge in [-0.2, -0.15) is 10.2 Å². The van der Waals surface area contributed by atoms with E-state index in [0.29, 0.717) is 37.9 Å². The molecule has 0 saturated heterocycles. The van der Waals surface area contributed by atoms with Crippen molar-refractivity contribution in [3.8, 4) is 6.07 Å². The van der Waals surface area contributed by atoms with E-state index < -0.39 is 8.53 Å². The van der Waals surface area contributed by atoms with Crippen LogP contribution < -0.4 is 10.4 Å². The summed E-state index contributed by atoms with van der Waals surface area (Å²) in [6.45, 7) is 6.12. The average Bonchev–Trinajstić information content (AvgIpc) is 3.14. The Bertz CT molecular complexity index is 1100. The molecule has 0 spiro atoms. The summed E-state index contributed by atoms with van der Waals surface area (Å²) in [4.78, 5) is 32.2. The second-order valence-electron chi connectivity index (χ2n) is 7.58. The topological polar surface area (TPSA) is 147 Å². The Hall–Kier alpha value is -2.06. The SMILES string of the molecule is CC(C)CC(CO)Nc1nc(SC(C)c2cccc(C#N)c2)nc2nc(NP(O)O)sc12. The van der Waals surface area contributed by atoms with Crippen molar-refractivity contribution in [3.63, 3.8) is 0 Å². The highest BCUT2D eigenvalue weighted by Gasteiger charge is 2.20. The number of nitrogens with zero attached hydrogens (tertiary/aromatic N) is 4. The number of aliphatic hydroxyl groups is 1. The molecule has 2 heterocycles. The van der Waals surface area contributed by atoms with E-state index in [1.54, 1.807) is 6.07 Å². The highest BCUT2D eigenvalue weighted by atomic mass is 32.2. The molecule has 3 aromatic rings. The van der Waals surface area contributed by atoms with E-state index in [-0.39, 0.29) is 17.9 Å².